The van der Waals surface area contributed by atoms with Crippen molar-refractivity contribution in [3.8, 4) is 5.75 Å². The molecule has 3 nitrogen and oxygen atoms in total. The van der Waals surface area contributed by atoms with Crippen molar-refractivity contribution in [2.75, 3.05) is 14.2 Å². The van der Waals surface area contributed by atoms with Crippen LogP contribution in [0.1, 0.15) is 75.2 Å². The Hall–Kier alpha value is -0.711. The van der Waals surface area contributed by atoms with Gasteiger partial charge in [0.15, 0.2) is 0 Å². The topological polar surface area (TPSA) is 35.5 Å². The molecule has 0 amide bonds. The zero-order chi connectivity index (χ0) is 19.6. The average molecular weight is 469 g/mol. The van der Waals surface area contributed by atoms with E-state index in [-0.39, 0.29) is 5.97 Å². The van der Waals surface area contributed by atoms with Crippen LogP contribution in [0.3, 0.4) is 0 Å². The van der Waals surface area contributed by atoms with Gasteiger partial charge in [0.05, 0.1) is 0 Å². The third-order valence-corrected chi connectivity index (χ3v) is 21.1. The van der Waals surface area contributed by atoms with Gasteiger partial charge >= 0.3 is 165 Å². The van der Waals surface area contributed by atoms with E-state index in [9.17, 15) is 4.79 Å². The fourth-order valence-electron chi connectivity index (χ4n) is 3.97. The van der Waals surface area contributed by atoms with Gasteiger partial charge in [0, 0.05) is 0 Å². The Kier molecular flexibility index (Phi) is 10.7. The number of carbonyl (C=O) groups excluding carboxylic acids is 1. The first-order valence-corrected chi connectivity index (χ1v) is 17.7. The zero-order valence-corrected chi connectivity index (χ0v) is 20.6. The molecule has 0 unspecified atom stereocenters. The van der Waals surface area contributed by atoms with Gasteiger partial charge < -0.3 is 0 Å². The van der Waals surface area contributed by atoms with Crippen molar-refractivity contribution in [1.82, 2.24) is 0 Å². The van der Waals surface area contributed by atoms with Crippen LogP contribution in [0.5, 0.6) is 5.75 Å². The number of methoxy groups -OCH3 is 2. The molecule has 0 heterocycles. The second kappa shape index (κ2) is 11.9. The maximum absolute atomic E-state index is 12.4. The molecule has 0 saturated carbocycles. The van der Waals surface area contributed by atoms with Crippen molar-refractivity contribution < 1.29 is 14.3 Å². The fraction of sp³-hybridized carbons (Fsp3) is 0.682. The molecule has 0 atom stereocenters. The molecule has 0 aliphatic rings. The molecule has 26 heavy (non-hydrogen) atoms. The normalized spacial score (nSPS) is 11.5. The van der Waals surface area contributed by atoms with Gasteiger partial charge in [-0.05, 0) is 0 Å². The fourth-order valence-corrected chi connectivity index (χ4v) is 20.2. The first kappa shape index (κ1) is 23.3. The molecule has 1 rings (SSSR count). The minimum atomic E-state index is -2.57. The number of aryl methyl sites for hydroxylation is 1. The summed E-state index contributed by atoms with van der Waals surface area (Å²) < 4.78 is 16.2. The van der Waals surface area contributed by atoms with Crippen molar-refractivity contribution in [2.24, 2.45) is 0 Å². The van der Waals surface area contributed by atoms with Crippen molar-refractivity contribution in [2.45, 2.75) is 79.5 Å². The van der Waals surface area contributed by atoms with Crippen molar-refractivity contribution in [3.05, 3.63) is 23.3 Å². The van der Waals surface area contributed by atoms with Gasteiger partial charge in [-0.2, -0.15) is 0 Å². The number of hydrogen-bond donors (Lipinski definition) is 0. The Labute approximate surface area is 164 Å². The summed E-state index contributed by atoms with van der Waals surface area (Å²) in [5.41, 5.74) is 1.67. The van der Waals surface area contributed by atoms with Gasteiger partial charge in [0.2, 0.25) is 0 Å². The summed E-state index contributed by atoms with van der Waals surface area (Å²) in [7, 11) is 3.09. The summed E-state index contributed by atoms with van der Waals surface area (Å²) in [6, 6.07) is 4.47. The standard InChI is InChI=1S/C10H11O3.3C4H9.Sn/c1-7-5-4-6-8(9(7)12-2)10(11)13-3;3*1-3-4-2;/h5-6H,1-3H3;3*1,3-4H2,2H3;. The molecule has 4 heteroatoms. The third kappa shape index (κ3) is 5.90. The first-order chi connectivity index (χ1) is 12.5. The Morgan fingerprint density at radius 3 is 1.81 bits per heavy atom. The molecule has 0 bridgehead atoms. The van der Waals surface area contributed by atoms with Crippen LogP contribution in [0.4, 0.5) is 0 Å². The van der Waals surface area contributed by atoms with Crippen molar-refractivity contribution >= 4 is 27.9 Å². The SMILES string of the molecule is CCC[CH2][Sn]([CH2]CCC)([CH2]CCC)[c]1cc(C)c(OC)c(C(=O)OC)c1. The first-order valence-electron chi connectivity index (χ1n) is 10.3. The average Bonchev–Trinajstić information content (AvgIpc) is 2.66. The van der Waals surface area contributed by atoms with Crippen molar-refractivity contribution in [3.63, 3.8) is 0 Å². The van der Waals surface area contributed by atoms with Gasteiger partial charge in [-0.15, -0.1) is 0 Å². The van der Waals surface area contributed by atoms with E-state index in [0.717, 1.165) is 5.56 Å². The van der Waals surface area contributed by atoms with Crippen LogP contribution in [-0.4, -0.2) is 38.6 Å². The molecule has 0 aliphatic heterocycles. The molecule has 148 valence electrons. The maximum atomic E-state index is 12.4. The second-order valence-electron chi connectivity index (χ2n) is 7.46. The molecule has 1 aromatic rings. The summed E-state index contributed by atoms with van der Waals surface area (Å²) in [6.45, 7) is 8.92. The molecular weight excluding hydrogens is 431 g/mol. The van der Waals surface area contributed by atoms with Crippen molar-refractivity contribution in [1.29, 1.82) is 0 Å². The summed E-state index contributed by atoms with van der Waals surface area (Å²) in [5, 5.41) is 0. The summed E-state index contributed by atoms with van der Waals surface area (Å²) in [6.07, 6.45) is 7.66. The number of unbranched alkanes of at least 4 members (excludes halogenated alkanes) is 3. The van der Waals surface area contributed by atoms with E-state index in [4.69, 9.17) is 9.47 Å². The molecule has 0 saturated heterocycles. The molecule has 1 aromatic carbocycles. The van der Waals surface area contributed by atoms with Crippen LogP contribution in [0, 0.1) is 6.92 Å². The number of esters is 1. The molecule has 0 aromatic heterocycles. The summed E-state index contributed by atoms with van der Waals surface area (Å²) in [4.78, 5) is 12.4. The molecule has 0 radical (unpaired) electrons. The zero-order valence-electron chi connectivity index (χ0n) is 17.7. The van der Waals surface area contributed by atoms with Crippen LogP contribution >= 0.6 is 0 Å². The van der Waals surface area contributed by atoms with Crippen LogP contribution in [0.15, 0.2) is 12.1 Å². The van der Waals surface area contributed by atoms with E-state index < -0.39 is 18.4 Å². The Morgan fingerprint density at radius 1 is 0.923 bits per heavy atom. The summed E-state index contributed by atoms with van der Waals surface area (Å²) in [5.74, 6) is 0.385. The van der Waals surface area contributed by atoms with E-state index in [0.29, 0.717) is 11.3 Å². The predicted octanol–water partition coefficient (Wildman–Crippen LogP) is 5.85. The van der Waals surface area contributed by atoms with E-state index >= 15 is 0 Å². The number of carbonyl (C=O) groups is 1. The minimum absolute atomic E-state index is 0.284. The molecule has 0 N–H and O–H groups in total. The number of rotatable bonds is 12. The molecule has 0 aliphatic carbocycles. The Balaban J connectivity index is 3.50. The number of ether oxygens (including phenoxy) is 2. The monoisotopic (exact) mass is 470 g/mol. The Morgan fingerprint density at radius 2 is 1.42 bits per heavy atom. The van der Waals surface area contributed by atoms with Crippen LogP contribution in [-0.2, 0) is 4.74 Å². The van der Waals surface area contributed by atoms with E-state index in [1.165, 1.54) is 62.5 Å². The van der Waals surface area contributed by atoms with E-state index in [1.54, 1.807) is 7.11 Å². The quantitative estimate of drug-likeness (QED) is 0.285. The Bertz CT molecular complexity index is 547. The van der Waals surface area contributed by atoms with Gasteiger partial charge in [0.1, 0.15) is 0 Å². The summed E-state index contributed by atoms with van der Waals surface area (Å²) >= 11 is -2.57. The molecule has 0 fully saturated rings. The van der Waals surface area contributed by atoms with Gasteiger partial charge in [-0.25, -0.2) is 0 Å². The van der Waals surface area contributed by atoms with E-state index in [1.807, 2.05) is 0 Å². The van der Waals surface area contributed by atoms with E-state index in [2.05, 4.69) is 39.8 Å². The van der Waals surface area contributed by atoms with Gasteiger partial charge in [-0.3, -0.25) is 0 Å². The van der Waals surface area contributed by atoms with Crippen LogP contribution in [0.2, 0.25) is 13.3 Å². The van der Waals surface area contributed by atoms with Gasteiger partial charge in [-0.1, -0.05) is 0 Å². The van der Waals surface area contributed by atoms with Gasteiger partial charge in [0.25, 0.3) is 0 Å². The van der Waals surface area contributed by atoms with Crippen LogP contribution < -0.4 is 8.32 Å². The second-order valence-corrected chi connectivity index (χ2v) is 20.7. The molecule has 0 spiro atoms. The number of hydrogen-bond acceptors (Lipinski definition) is 3. The van der Waals surface area contributed by atoms with Crippen LogP contribution in [0.25, 0.3) is 0 Å². The predicted molar refractivity (Wildman–Crippen MR) is 114 cm³/mol. The third-order valence-electron chi connectivity index (χ3n) is 5.52. The number of benzene rings is 1. The molecular formula is C22H38O3Sn.